The molecule has 3 rings (SSSR count). The summed E-state index contributed by atoms with van der Waals surface area (Å²) in [7, 11) is -1.50. The van der Waals surface area contributed by atoms with Crippen molar-refractivity contribution in [2.75, 3.05) is 46.3 Å². The lowest BCUT2D eigenvalue weighted by molar-refractivity contribution is 0.0897. The lowest BCUT2D eigenvalue weighted by atomic mass is 10.3. The summed E-state index contributed by atoms with van der Waals surface area (Å²) in [5.74, 6) is -1.19. The third-order valence-corrected chi connectivity index (χ3v) is 6.02. The SMILES string of the molecule is CN1CCN(CCNC(=O)c2nc(CS(=O)(=O)c3ccccc3)no2)CC1. The molecule has 146 valence electrons. The summed E-state index contributed by atoms with van der Waals surface area (Å²) in [4.78, 5) is 20.7. The molecule has 1 fully saturated rings. The molecule has 1 aliphatic heterocycles. The second-order valence-corrected chi connectivity index (χ2v) is 8.48. The zero-order valence-corrected chi connectivity index (χ0v) is 16.0. The summed E-state index contributed by atoms with van der Waals surface area (Å²) < 4.78 is 29.5. The van der Waals surface area contributed by atoms with Gasteiger partial charge < -0.3 is 14.7 Å². The monoisotopic (exact) mass is 393 g/mol. The predicted molar refractivity (Wildman–Crippen MR) is 97.9 cm³/mol. The van der Waals surface area contributed by atoms with Crippen molar-refractivity contribution in [3.8, 4) is 0 Å². The standard InChI is InChI=1S/C17H23N5O4S/c1-21-9-11-22(12-10-21)8-7-18-16(23)17-19-15(20-26-17)13-27(24,25)14-5-3-2-4-6-14/h2-6H,7-13H2,1H3,(H,18,23). The largest absolute Gasteiger partial charge is 0.347 e. The smallest absolute Gasteiger partial charge is 0.315 e. The molecule has 1 N–H and O–H groups in total. The van der Waals surface area contributed by atoms with Crippen molar-refractivity contribution in [2.24, 2.45) is 0 Å². The van der Waals surface area contributed by atoms with Crippen molar-refractivity contribution in [3.63, 3.8) is 0 Å². The molecule has 0 unspecified atom stereocenters. The fourth-order valence-corrected chi connectivity index (χ4v) is 3.96. The van der Waals surface area contributed by atoms with Gasteiger partial charge in [-0.2, -0.15) is 4.98 Å². The quantitative estimate of drug-likeness (QED) is 0.701. The van der Waals surface area contributed by atoms with Crippen LogP contribution in [-0.4, -0.2) is 80.6 Å². The van der Waals surface area contributed by atoms with Crippen molar-refractivity contribution < 1.29 is 17.7 Å². The normalized spacial score (nSPS) is 16.3. The van der Waals surface area contributed by atoms with Gasteiger partial charge in [-0.3, -0.25) is 9.69 Å². The average Bonchev–Trinajstić information content (AvgIpc) is 3.12. The van der Waals surface area contributed by atoms with Crippen LogP contribution in [0, 0.1) is 0 Å². The van der Waals surface area contributed by atoms with Crippen LogP contribution in [-0.2, 0) is 15.6 Å². The summed E-state index contributed by atoms with van der Waals surface area (Å²) in [5.41, 5.74) is 0. The van der Waals surface area contributed by atoms with E-state index in [1.165, 1.54) is 12.1 Å². The molecule has 1 amide bonds. The highest BCUT2D eigenvalue weighted by atomic mass is 32.2. The zero-order valence-electron chi connectivity index (χ0n) is 15.2. The van der Waals surface area contributed by atoms with Gasteiger partial charge in [0.15, 0.2) is 15.7 Å². The number of rotatable bonds is 7. The first-order valence-corrected chi connectivity index (χ1v) is 10.4. The number of likely N-dealkylation sites (N-methyl/N-ethyl adjacent to an activating group) is 1. The minimum atomic E-state index is -3.59. The maximum atomic E-state index is 12.3. The molecular weight excluding hydrogens is 370 g/mol. The van der Waals surface area contributed by atoms with E-state index in [2.05, 4.69) is 32.3 Å². The van der Waals surface area contributed by atoms with E-state index in [4.69, 9.17) is 4.52 Å². The molecule has 1 aromatic carbocycles. The van der Waals surface area contributed by atoms with Crippen LogP contribution < -0.4 is 5.32 Å². The number of sulfone groups is 1. The molecule has 0 atom stereocenters. The Morgan fingerprint density at radius 3 is 2.59 bits per heavy atom. The van der Waals surface area contributed by atoms with Crippen molar-refractivity contribution in [3.05, 3.63) is 42.0 Å². The molecule has 0 spiro atoms. The highest BCUT2D eigenvalue weighted by Gasteiger charge is 2.21. The Hall–Kier alpha value is -2.30. The average molecular weight is 393 g/mol. The number of hydrogen-bond acceptors (Lipinski definition) is 8. The van der Waals surface area contributed by atoms with Crippen LogP contribution in [0.5, 0.6) is 0 Å². The van der Waals surface area contributed by atoms with Gasteiger partial charge in [-0.1, -0.05) is 23.4 Å². The van der Waals surface area contributed by atoms with Crippen LogP contribution in [0.3, 0.4) is 0 Å². The van der Waals surface area contributed by atoms with Crippen molar-refractivity contribution in [2.45, 2.75) is 10.6 Å². The number of nitrogens with zero attached hydrogens (tertiary/aromatic N) is 4. The minimum absolute atomic E-state index is 0.0388. The number of aromatic nitrogens is 2. The summed E-state index contributed by atoms with van der Waals surface area (Å²) in [6, 6.07) is 8.02. The van der Waals surface area contributed by atoms with E-state index in [0.29, 0.717) is 6.54 Å². The Balaban J connectivity index is 1.50. The number of hydrogen-bond donors (Lipinski definition) is 1. The highest BCUT2D eigenvalue weighted by molar-refractivity contribution is 7.90. The summed E-state index contributed by atoms with van der Waals surface area (Å²) >= 11 is 0. The molecule has 27 heavy (non-hydrogen) atoms. The number of carbonyl (C=O) groups excluding carboxylic acids is 1. The highest BCUT2D eigenvalue weighted by Crippen LogP contribution is 2.14. The van der Waals surface area contributed by atoms with Gasteiger partial charge in [0.1, 0.15) is 5.75 Å². The second-order valence-electron chi connectivity index (χ2n) is 6.49. The summed E-state index contributed by atoms with van der Waals surface area (Å²) in [6.07, 6.45) is 0. The van der Waals surface area contributed by atoms with Gasteiger partial charge in [0, 0.05) is 39.3 Å². The number of nitrogens with one attached hydrogen (secondary N) is 1. The first-order chi connectivity index (χ1) is 12.9. The number of amides is 1. The van der Waals surface area contributed by atoms with Crippen molar-refractivity contribution in [1.82, 2.24) is 25.3 Å². The predicted octanol–water partition coefficient (Wildman–Crippen LogP) is 0.0207. The Morgan fingerprint density at radius 1 is 1.19 bits per heavy atom. The number of benzene rings is 1. The van der Waals surface area contributed by atoms with Crippen LogP contribution in [0.1, 0.15) is 16.5 Å². The van der Waals surface area contributed by atoms with Gasteiger partial charge in [-0.25, -0.2) is 8.42 Å². The van der Waals surface area contributed by atoms with Gasteiger partial charge >= 0.3 is 11.8 Å². The third-order valence-electron chi connectivity index (χ3n) is 4.39. The van der Waals surface area contributed by atoms with Crippen LogP contribution >= 0.6 is 0 Å². The lowest BCUT2D eigenvalue weighted by Crippen LogP contribution is -2.46. The third kappa shape index (κ3) is 5.34. The molecule has 0 aliphatic carbocycles. The van der Waals surface area contributed by atoms with E-state index in [1.807, 2.05) is 0 Å². The maximum Gasteiger partial charge on any atom is 0.315 e. The summed E-state index contributed by atoms with van der Waals surface area (Å²) in [5, 5.41) is 6.34. The van der Waals surface area contributed by atoms with E-state index in [-0.39, 0.29) is 16.6 Å². The van der Waals surface area contributed by atoms with Gasteiger partial charge in [0.25, 0.3) is 0 Å². The molecule has 1 saturated heterocycles. The van der Waals surface area contributed by atoms with E-state index >= 15 is 0 Å². The molecule has 9 nitrogen and oxygen atoms in total. The molecule has 2 heterocycles. The first kappa shape index (κ1) is 19.5. The van der Waals surface area contributed by atoms with Crippen molar-refractivity contribution >= 4 is 15.7 Å². The van der Waals surface area contributed by atoms with E-state index in [0.717, 1.165) is 32.7 Å². The lowest BCUT2D eigenvalue weighted by Gasteiger charge is -2.32. The molecule has 0 radical (unpaired) electrons. The Morgan fingerprint density at radius 2 is 1.89 bits per heavy atom. The van der Waals surface area contributed by atoms with Crippen molar-refractivity contribution in [1.29, 1.82) is 0 Å². The molecule has 10 heteroatoms. The fraction of sp³-hybridized carbons (Fsp3) is 0.471. The second kappa shape index (κ2) is 8.59. The summed E-state index contributed by atoms with van der Waals surface area (Å²) in [6.45, 7) is 5.15. The van der Waals surface area contributed by atoms with E-state index in [9.17, 15) is 13.2 Å². The molecule has 1 aromatic heterocycles. The van der Waals surface area contributed by atoms with Gasteiger partial charge in [0.2, 0.25) is 0 Å². The van der Waals surface area contributed by atoms with Gasteiger partial charge in [0.05, 0.1) is 4.90 Å². The molecule has 0 saturated carbocycles. The zero-order chi connectivity index (χ0) is 19.3. The van der Waals surface area contributed by atoms with Crippen LogP contribution in [0.25, 0.3) is 0 Å². The molecule has 2 aromatic rings. The Bertz CT molecular complexity index is 860. The van der Waals surface area contributed by atoms with E-state index < -0.39 is 21.5 Å². The molecule has 0 bridgehead atoms. The van der Waals surface area contributed by atoms with Gasteiger partial charge in [-0.05, 0) is 19.2 Å². The molecular formula is C17H23N5O4S. The topological polar surface area (TPSA) is 109 Å². The Labute approximate surface area is 158 Å². The maximum absolute atomic E-state index is 12.3. The number of piperazine rings is 1. The van der Waals surface area contributed by atoms with Crippen LogP contribution in [0.15, 0.2) is 39.8 Å². The van der Waals surface area contributed by atoms with Crippen LogP contribution in [0.2, 0.25) is 0 Å². The fourth-order valence-electron chi connectivity index (χ4n) is 2.76. The molecule has 1 aliphatic rings. The van der Waals surface area contributed by atoms with E-state index in [1.54, 1.807) is 18.2 Å². The Kier molecular flexibility index (Phi) is 6.19. The van der Waals surface area contributed by atoms with Gasteiger partial charge in [-0.15, -0.1) is 0 Å². The van der Waals surface area contributed by atoms with Crippen LogP contribution in [0.4, 0.5) is 0 Å². The number of carbonyl (C=O) groups is 1. The minimum Gasteiger partial charge on any atom is -0.347 e. The first-order valence-electron chi connectivity index (χ1n) is 8.73.